The first kappa shape index (κ1) is 17.3. The van der Waals surface area contributed by atoms with Gasteiger partial charge in [0.25, 0.3) is 5.91 Å². The van der Waals surface area contributed by atoms with Crippen molar-refractivity contribution in [2.24, 2.45) is 11.7 Å². The number of carbonyl (C=O) groups excluding carboxylic acids is 2. The maximum absolute atomic E-state index is 12.0. The quantitative estimate of drug-likeness (QED) is 0.834. The molecule has 1 aliphatic rings. The van der Waals surface area contributed by atoms with E-state index >= 15 is 0 Å². The number of benzene rings is 1. The molecule has 0 saturated heterocycles. The highest BCUT2D eigenvalue weighted by Crippen LogP contribution is 2.27. The van der Waals surface area contributed by atoms with Crippen LogP contribution in [0, 0.1) is 5.92 Å². The van der Waals surface area contributed by atoms with Crippen molar-refractivity contribution >= 4 is 17.5 Å². The molecule has 1 saturated carbocycles. The standard InChI is InChI=1S/C17H25N3O3/c1-20(2)17(22)11-23-14-8-6-13(7-9-14)19-16(21)10-12-4-3-5-15(12)18/h6-9,12,15H,3-5,10-11,18H2,1-2H3,(H,19,21)/t12-,15+/m0/s1. The van der Waals surface area contributed by atoms with Crippen molar-refractivity contribution in [3.05, 3.63) is 24.3 Å². The molecule has 6 heteroatoms. The molecule has 2 amide bonds. The number of likely N-dealkylation sites (N-methyl/N-ethyl adjacent to an activating group) is 1. The SMILES string of the molecule is CN(C)C(=O)COc1ccc(NC(=O)C[C@@H]2CCC[C@H]2N)cc1. The fourth-order valence-electron chi connectivity index (χ4n) is 2.68. The van der Waals surface area contributed by atoms with Crippen LogP contribution in [0.15, 0.2) is 24.3 Å². The van der Waals surface area contributed by atoms with E-state index < -0.39 is 0 Å². The first-order chi connectivity index (χ1) is 11.0. The molecule has 0 heterocycles. The third kappa shape index (κ3) is 5.25. The Bertz CT molecular complexity index is 543. The van der Waals surface area contributed by atoms with E-state index in [4.69, 9.17) is 10.5 Å². The second-order valence-corrected chi connectivity index (χ2v) is 6.21. The van der Waals surface area contributed by atoms with Crippen molar-refractivity contribution in [3.63, 3.8) is 0 Å². The van der Waals surface area contributed by atoms with Crippen LogP contribution in [-0.2, 0) is 9.59 Å². The van der Waals surface area contributed by atoms with Crippen LogP contribution in [0.4, 0.5) is 5.69 Å². The van der Waals surface area contributed by atoms with Gasteiger partial charge in [-0.15, -0.1) is 0 Å². The summed E-state index contributed by atoms with van der Waals surface area (Å²) in [6, 6.07) is 7.15. The van der Waals surface area contributed by atoms with Crippen LogP contribution in [0.3, 0.4) is 0 Å². The molecule has 0 spiro atoms. The molecule has 1 fully saturated rings. The molecule has 0 bridgehead atoms. The Balaban J connectivity index is 1.80. The highest BCUT2D eigenvalue weighted by atomic mass is 16.5. The summed E-state index contributed by atoms with van der Waals surface area (Å²) in [5, 5.41) is 2.87. The smallest absolute Gasteiger partial charge is 0.259 e. The van der Waals surface area contributed by atoms with E-state index in [0.717, 1.165) is 19.3 Å². The average molecular weight is 319 g/mol. The summed E-state index contributed by atoms with van der Waals surface area (Å²) in [4.78, 5) is 25.0. The Labute approximate surface area is 137 Å². The molecule has 1 aliphatic carbocycles. The monoisotopic (exact) mass is 319 g/mol. The maximum Gasteiger partial charge on any atom is 0.259 e. The summed E-state index contributed by atoms with van der Waals surface area (Å²) in [6.07, 6.45) is 3.62. The molecule has 1 aromatic rings. The minimum atomic E-state index is -0.102. The number of hydrogen-bond acceptors (Lipinski definition) is 4. The summed E-state index contributed by atoms with van der Waals surface area (Å²) in [7, 11) is 3.36. The lowest BCUT2D eigenvalue weighted by atomic mass is 10.00. The summed E-state index contributed by atoms with van der Waals surface area (Å²) >= 11 is 0. The second kappa shape index (κ2) is 7.97. The van der Waals surface area contributed by atoms with Crippen molar-refractivity contribution in [1.29, 1.82) is 0 Å². The Morgan fingerprint density at radius 2 is 1.96 bits per heavy atom. The maximum atomic E-state index is 12.0. The molecule has 0 aromatic heterocycles. The molecule has 3 N–H and O–H groups in total. The van der Waals surface area contributed by atoms with Gasteiger partial charge in [-0.2, -0.15) is 0 Å². The zero-order valence-corrected chi connectivity index (χ0v) is 13.7. The van der Waals surface area contributed by atoms with Crippen molar-refractivity contribution in [1.82, 2.24) is 4.90 Å². The lowest BCUT2D eigenvalue weighted by Gasteiger charge is -2.15. The number of nitrogens with zero attached hydrogens (tertiary/aromatic N) is 1. The van der Waals surface area contributed by atoms with Crippen LogP contribution < -0.4 is 15.8 Å². The van der Waals surface area contributed by atoms with Gasteiger partial charge >= 0.3 is 0 Å². The van der Waals surface area contributed by atoms with Gasteiger partial charge in [0.15, 0.2) is 6.61 Å². The Hall–Kier alpha value is -2.08. The molecular formula is C17H25N3O3. The van der Waals surface area contributed by atoms with Gasteiger partial charge in [0.2, 0.25) is 5.91 Å². The molecule has 126 valence electrons. The summed E-state index contributed by atoms with van der Waals surface area (Å²) < 4.78 is 5.39. The molecule has 2 atom stereocenters. The second-order valence-electron chi connectivity index (χ2n) is 6.21. The zero-order chi connectivity index (χ0) is 16.8. The van der Waals surface area contributed by atoms with E-state index in [2.05, 4.69) is 5.32 Å². The van der Waals surface area contributed by atoms with Gasteiger partial charge in [0.05, 0.1) is 0 Å². The van der Waals surface area contributed by atoms with E-state index in [1.165, 1.54) is 4.90 Å². The predicted octanol–water partition coefficient (Wildman–Crippen LogP) is 1.61. The molecule has 0 aliphatic heterocycles. The minimum absolute atomic E-state index is 0.00171. The van der Waals surface area contributed by atoms with E-state index in [-0.39, 0.29) is 30.4 Å². The Morgan fingerprint density at radius 3 is 2.52 bits per heavy atom. The summed E-state index contributed by atoms with van der Waals surface area (Å²) in [5.74, 6) is 0.768. The first-order valence-corrected chi connectivity index (χ1v) is 7.94. The lowest BCUT2D eigenvalue weighted by Crippen LogP contribution is -2.28. The summed E-state index contributed by atoms with van der Waals surface area (Å²) in [6.45, 7) is -0.00171. The van der Waals surface area contributed by atoms with E-state index in [9.17, 15) is 9.59 Å². The number of nitrogens with one attached hydrogen (secondary N) is 1. The fraction of sp³-hybridized carbons (Fsp3) is 0.529. The normalized spacial score (nSPS) is 20.1. The molecular weight excluding hydrogens is 294 g/mol. The number of ether oxygens (including phenoxy) is 1. The van der Waals surface area contributed by atoms with Crippen molar-refractivity contribution in [3.8, 4) is 5.75 Å². The van der Waals surface area contributed by atoms with Crippen LogP contribution in [0.1, 0.15) is 25.7 Å². The van der Waals surface area contributed by atoms with Gasteiger partial charge < -0.3 is 20.7 Å². The van der Waals surface area contributed by atoms with E-state index in [1.54, 1.807) is 38.4 Å². The van der Waals surface area contributed by atoms with Gasteiger partial charge in [0.1, 0.15) is 5.75 Å². The fourth-order valence-corrected chi connectivity index (χ4v) is 2.68. The van der Waals surface area contributed by atoms with Crippen LogP contribution in [-0.4, -0.2) is 43.5 Å². The molecule has 2 rings (SSSR count). The first-order valence-electron chi connectivity index (χ1n) is 7.94. The number of nitrogens with two attached hydrogens (primary N) is 1. The van der Waals surface area contributed by atoms with Gasteiger partial charge in [-0.25, -0.2) is 0 Å². The molecule has 6 nitrogen and oxygen atoms in total. The van der Waals surface area contributed by atoms with Crippen molar-refractivity contribution in [2.45, 2.75) is 31.7 Å². The Morgan fingerprint density at radius 1 is 1.26 bits per heavy atom. The van der Waals surface area contributed by atoms with Gasteiger partial charge in [-0.1, -0.05) is 6.42 Å². The van der Waals surface area contributed by atoms with Crippen LogP contribution in [0.5, 0.6) is 5.75 Å². The predicted molar refractivity (Wildman–Crippen MR) is 89.2 cm³/mol. The van der Waals surface area contributed by atoms with E-state index in [1.807, 2.05) is 0 Å². The highest BCUT2D eigenvalue weighted by Gasteiger charge is 2.25. The molecule has 23 heavy (non-hydrogen) atoms. The van der Waals surface area contributed by atoms with Crippen LogP contribution in [0.25, 0.3) is 0 Å². The number of hydrogen-bond donors (Lipinski definition) is 2. The third-order valence-electron chi connectivity index (χ3n) is 4.16. The highest BCUT2D eigenvalue weighted by molar-refractivity contribution is 5.91. The van der Waals surface area contributed by atoms with Gasteiger partial charge in [-0.05, 0) is 43.0 Å². The number of anilines is 1. The average Bonchev–Trinajstić information content (AvgIpc) is 2.91. The van der Waals surface area contributed by atoms with Crippen LogP contribution >= 0.6 is 0 Å². The molecule has 0 unspecified atom stereocenters. The number of carbonyl (C=O) groups is 2. The zero-order valence-electron chi connectivity index (χ0n) is 13.7. The molecule has 0 radical (unpaired) electrons. The number of rotatable bonds is 6. The number of amides is 2. The van der Waals surface area contributed by atoms with Crippen LogP contribution in [0.2, 0.25) is 0 Å². The van der Waals surface area contributed by atoms with Crippen molar-refractivity contribution in [2.75, 3.05) is 26.0 Å². The van der Waals surface area contributed by atoms with Crippen molar-refractivity contribution < 1.29 is 14.3 Å². The largest absolute Gasteiger partial charge is 0.484 e. The lowest BCUT2D eigenvalue weighted by molar-refractivity contribution is -0.130. The third-order valence-corrected chi connectivity index (χ3v) is 4.16. The topological polar surface area (TPSA) is 84.7 Å². The van der Waals surface area contributed by atoms with E-state index in [0.29, 0.717) is 17.9 Å². The van der Waals surface area contributed by atoms with Gasteiger partial charge in [-0.3, -0.25) is 9.59 Å². The Kier molecular flexibility index (Phi) is 5.98. The summed E-state index contributed by atoms with van der Waals surface area (Å²) in [5.41, 5.74) is 6.71. The van der Waals surface area contributed by atoms with Gasteiger partial charge in [0, 0.05) is 32.2 Å². The minimum Gasteiger partial charge on any atom is -0.484 e. The molecule has 1 aromatic carbocycles.